The highest BCUT2D eigenvalue weighted by Crippen LogP contribution is 2.23. The topological polar surface area (TPSA) is 58.4 Å². The first-order valence-electron chi connectivity index (χ1n) is 9.11. The number of hydrogen-bond acceptors (Lipinski definition) is 3. The van der Waals surface area contributed by atoms with Gasteiger partial charge in [-0.15, -0.1) is 24.8 Å². The Morgan fingerprint density at radius 2 is 1.63 bits per heavy atom. The van der Waals surface area contributed by atoms with Crippen molar-refractivity contribution < 1.29 is 4.79 Å². The molecule has 1 heterocycles. The second-order valence-corrected chi connectivity index (χ2v) is 6.83. The normalized spacial score (nSPS) is 15.0. The van der Waals surface area contributed by atoms with E-state index in [4.69, 9.17) is 5.73 Å². The van der Waals surface area contributed by atoms with Crippen molar-refractivity contribution >= 4 is 42.1 Å². The zero-order valence-electron chi connectivity index (χ0n) is 15.7. The molecular weight excluding hydrogens is 381 g/mol. The Hall–Kier alpha value is -1.75. The molecule has 0 saturated carbocycles. The fourth-order valence-corrected chi connectivity index (χ4v) is 3.25. The van der Waals surface area contributed by atoms with Crippen molar-refractivity contribution in [2.75, 3.05) is 23.3 Å². The maximum Gasteiger partial charge on any atom is 0.245 e. The van der Waals surface area contributed by atoms with Gasteiger partial charge in [0, 0.05) is 24.5 Å². The molecule has 2 aromatic rings. The Kier molecular flexibility index (Phi) is 9.64. The van der Waals surface area contributed by atoms with Crippen molar-refractivity contribution in [2.24, 2.45) is 5.73 Å². The number of carbonyl (C=O) groups is 1. The Labute approximate surface area is 174 Å². The van der Waals surface area contributed by atoms with Crippen molar-refractivity contribution in [3.05, 3.63) is 59.7 Å². The van der Waals surface area contributed by atoms with E-state index in [1.807, 2.05) is 49.4 Å². The fourth-order valence-electron chi connectivity index (χ4n) is 3.25. The van der Waals surface area contributed by atoms with Gasteiger partial charge in [-0.1, -0.05) is 48.7 Å². The smallest absolute Gasteiger partial charge is 0.245 e. The molecule has 27 heavy (non-hydrogen) atoms. The van der Waals surface area contributed by atoms with Gasteiger partial charge in [0.2, 0.25) is 5.91 Å². The Morgan fingerprint density at radius 3 is 2.26 bits per heavy atom. The maximum absolute atomic E-state index is 12.5. The highest BCUT2D eigenvalue weighted by Gasteiger charge is 2.16. The van der Waals surface area contributed by atoms with E-state index in [9.17, 15) is 4.79 Å². The van der Waals surface area contributed by atoms with Gasteiger partial charge in [-0.3, -0.25) is 4.79 Å². The number of amides is 1. The van der Waals surface area contributed by atoms with Crippen LogP contribution in [0.1, 0.15) is 42.9 Å². The average molecular weight is 410 g/mol. The number of nitrogens with two attached hydrogens (primary N) is 1. The molecule has 0 aliphatic carbocycles. The van der Waals surface area contributed by atoms with Gasteiger partial charge in [0.25, 0.3) is 0 Å². The fraction of sp³-hybridized carbons (Fsp3) is 0.381. The van der Waals surface area contributed by atoms with E-state index in [1.54, 1.807) is 0 Å². The second kappa shape index (κ2) is 11.2. The lowest BCUT2D eigenvalue weighted by molar-refractivity contribution is -0.117. The summed E-state index contributed by atoms with van der Waals surface area (Å²) in [6, 6.07) is 15.2. The van der Waals surface area contributed by atoms with Crippen molar-refractivity contribution in [3.63, 3.8) is 0 Å². The highest BCUT2D eigenvalue weighted by molar-refractivity contribution is 5.95. The summed E-state index contributed by atoms with van der Waals surface area (Å²) in [6.07, 6.45) is 5.07. The summed E-state index contributed by atoms with van der Waals surface area (Å²) in [4.78, 5) is 14.9. The molecule has 4 nitrogen and oxygen atoms in total. The third-order valence-electron chi connectivity index (χ3n) is 4.80. The van der Waals surface area contributed by atoms with Crippen LogP contribution in [0.15, 0.2) is 48.5 Å². The number of benzene rings is 2. The van der Waals surface area contributed by atoms with Crippen molar-refractivity contribution in [1.82, 2.24) is 0 Å². The van der Waals surface area contributed by atoms with Crippen molar-refractivity contribution in [2.45, 2.75) is 38.6 Å². The molecule has 2 aromatic carbocycles. The number of anilines is 2. The van der Waals surface area contributed by atoms with Crippen LogP contribution >= 0.6 is 24.8 Å². The highest BCUT2D eigenvalue weighted by atomic mass is 35.5. The first-order valence-corrected chi connectivity index (χ1v) is 9.11. The van der Waals surface area contributed by atoms with E-state index in [1.165, 1.54) is 31.4 Å². The molecule has 148 valence electrons. The molecule has 1 saturated heterocycles. The molecule has 1 amide bonds. The van der Waals surface area contributed by atoms with Crippen LogP contribution in [0.5, 0.6) is 0 Å². The van der Waals surface area contributed by atoms with Crippen LogP contribution in [0.25, 0.3) is 0 Å². The van der Waals surface area contributed by atoms with E-state index in [-0.39, 0.29) is 30.7 Å². The largest absolute Gasteiger partial charge is 0.371 e. The molecule has 6 heteroatoms. The molecule has 3 N–H and O–H groups in total. The van der Waals surface area contributed by atoms with Crippen LogP contribution in [0.2, 0.25) is 0 Å². The zero-order valence-corrected chi connectivity index (χ0v) is 17.3. The molecule has 3 rings (SSSR count). The molecule has 0 aromatic heterocycles. The van der Waals surface area contributed by atoms with Crippen LogP contribution in [-0.4, -0.2) is 19.0 Å². The molecule has 1 unspecified atom stereocenters. The summed E-state index contributed by atoms with van der Waals surface area (Å²) < 4.78 is 0. The number of hydrogen-bond donors (Lipinski definition) is 2. The van der Waals surface area contributed by atoms with E-state index >= 15 is 0 Å². The average Bonchev–Trinajstić information content (AvgIpc) is 2.91. The summed E-state index contributed by atoms with van der Waals surface area (Å²) in [5.74, 6) is -0.183. The summed E-state index contributed by atoms with van der Waals surface area (Å²) in [7, 11) is 0. The summed E-state index contributed by atoms with van der Waals surface area (Å²) in [5.41, 5.74) is 10.1. The molecular formula is C21H29Cl2N3O. The number of nitrogens with one attached hydrogen (secondary N) is 1. The summed E-state index contributed by atoms with van der Waals surface area (Å²) in [5, 5.41) is 2.96. The maximum atomic E-state index is 12.5. The SMILES string of the molecule is Cc1ccc(C(N)C(=O)Nc2cccc(N3CCCCCC3)c2)cc1.Cl.Cl. The molecule has 1 fully saturated rings. The summed E-state index contributed by atoms with van der Waals surface area (Å²) in [6.45, 7) is 4.18. The molecule has 0 radical (unpaired) electrons. The Bertz CT molecular complexity index is 714. The van der Waals surface area contributed by atoms with Crippen LogP contribution in [0, 0.1) is 6.92 Å². The minimum Gasteiger partial charge on any atom is -0.371 e. The third-order valence-corrected chi connectivity index (χ3v) is 4.80. The van der Waals surface area contributed by atoms with Crippen molar-refractivity contribution in [3.8, 4) is 0 Å². The van der Waals surface area contributed by atoms with E-state index in [0.29, 0.717) is 0 Å². The summed E-state index contributed by atoms with van der Waals surface area (Å²) >= 11 is 0. The monoisotopic (exact) mass is 409 g/mol. The number of aryl methyl sites for hydroxylation is 1. The lowest BCUT2D eigenvalue weighted by Gasteiger charge is -2.23. The number of halogens is 2. The number of carbonyl (C=O) groups excluding carboxylic acids is 1. The lowest BCUT2D eigenvalue weighted by Crippen LogP contribution is -2.28. The van der Waals surface area contributed by atoms with Crippen LogP contribution < -0.4 is 16.0 Å². The first-order chi connectivity index (χ1) is 12.1. The van der Waals surface area contributed by atoms with Gasteiger partial charge < -0.3 is 16.0 Å². The predicted molar refractivity (Wildman–Crippen MR) is 118 cm³/mol. The Morgan fingerprint density at radius 1 is 1.00 bits per heavy atom. The standard InChI is InChI=1S/C21H27N3O.2ClH/c1-16-9-11-17(12-10-16)20(22)21(25)23-18-7-6-8-19(15-18)24-13-4-2-3-5-14-24;;/h6-12,15,20H,2-5,13-14,22H2,1H3,(H,23,25);2*1H. The predicted octanol–water partition coefficient (Wildman–Crippen LogP) is 4.86. The van der Waals surface area contributed by atoms with Crippen LogP contribution in [0.4, 0.5) is 11.4 Å². The van der Waals surface area contributed by atoms with Gasteiger partial charge in [-0.25, -0.2) is 0 Å². The van der Waals surface area contributed by atoms with Gasteiger partial charge in [0.1, 0.15) is 6.04 Å². The van der Waals surface area contributed by atoms with Crippen LogP contribution in [0.3, 0.4) is 0 Å². The molecule has 1 aliphatic heterocycles. The van der Waals surface area contributed by atoms with Crippen LogP contribution in [-0.2, 0) is 4.79 Å². The quantitative estimate of drug-likeness (QED) is 0.757. The molecule has 1 atom stereocenters. The van der Waals surface area contributed by atoms with E-state index in [2.05, 4.69) is 16.3 Å². The number of rotatable bonds is 4. The minimum absolute atomic E-state index is 0. The van der Waals surface area contributed by atoms with Gasteiger partial charge >= 0.3 is 0 Å². The second-order valence-electron chi connectivity index (χ2n) is 6.83. The van der Waals surface area contributed by atoms with Gasteiger partial charge in [0.15, 0.2) is 0 Å². The molecule has 0 bridgehead atoms. The van der Waals surface area contributed by atoms with E-state index in [0.717, 1.165) is 29.9 Å². The van der Waals surface area contributed by atoms with Gasteiger partial charge in [0.05, 0.1) is 0 Å². The van der Waals surface area contributed by atoms with Gasteiger partial charge in [-0.05, 0) is 43.5 Å². The van der Waals surface area contributed by atoms with Gasteiger partial charge in [-0.2, -0.15) is 0 Å². The number of nitrogens with zero attached hydrogens (tertiary/aromatic N) is 1. The first kappa shape index (κ1) is 23.3. The third kappa shape index (κ3) is 6.42. The Balaban J connectivity index is 0.00000182. The lowest BCUT2D eigenvalue weighted by atomic mass is 10.1. The van der Waals surface area contributed by atoms with E-state index < -0.39 is 6.04 Å². The molecule has 0 spiro atoms. The zero-order chi connectivity index (χ0) is 17.6. The molecule has 1 aliphatic rings. The van der Waals surface area contributed by atoms with Crippen molar-refractivity contribution in [1.29, 1.82) is 0 Å². The minimum atomic E-state index is -0.664.